The van der Waals surface area contributed by atoms with Crippen molar-refractivity contribution in [2.75, 3.05) is 0 Å². The molecule has 2 heteroatoms. The monoisotopic (exact) mass is 354 g/mol. The van der Waals surface area contributed by atoms with Crippen molar-refractivity contribution in [3.8, 4) is 0 Å². The van der Waals surface area contributed by atoms with E-state index in [1.54, 1.807) is 0 Å². The summed E-state index contributed by atoms with van der Waals surface area (Å²) in [6, 6.07) is 0. The van der Waals surface area contributed by atoms with Crippen molar-refractivity contribution >= 4 is 0 Å². The largest absolute Gasteiger partial charge is 1.00 e. The van der Waals surface area contributed by atoms with Crippen LogP contribution in [0.3, 0.4) is 0 Å². The number of rotatable bonds is 4. The van der Waals surface area contributed by atoms with Crippen LogP contribution in [0.2, 0.25) is 0 Å². The van der Waals surface area contributed by atoms with Gasteiger partial charge in [-0.25, -0.2) is 0 Å². The fraction of sp³-hybridized carbons (Fsp3) is 0.692. The van der Waals surface area contributed by atoms with Gasteiger partial charge in [0, 0.05) is 0 Å². The van der Waals surface area contributed by atoms with Gasteiger partial charge in [-0.05, 0) is 0 Å². The molecule has 0 saturated heterocycles. The molecule has 84 valence electrons. The van der Waals surface area contributed by atoms with Crippen molar-refractivity contribution in [1.29, 1.82) is 0 Å². The van der Waals surface area contributed by atoms with Crippen LogP contribution in [0.15, 0.2) is 0 Å². The van der Waals surface area contributed by atoms with E-state index in [1.165, 1.54) is 24.7 Å². The van der Waals surface area contributed by atoms with Gasteiger partial charge >= 0.3 is 116 Å². The molecule has 0 aromatic heterocycles. The third-order valence-electron chi connectivity index (χ3n) is 1.66. The second-order valence-electron chi connectivity index (χ2n) is 4.93. The smallest absolute Gasteiger partial charge is 0.358 e. The molecule has 0 aliphatic rings. The Morgan fingerprint density at radius 3 is 1.07 bits per heavy atom. The molecule has 0 aromatic carbocycles. The first kappa shape index (κ1) is 31.2. The zero-order valence-electron chi connectivity index (χ0n) is 12.9. The normalized spacial score (nSPS) is 9.60. The Labute approximate surface area is 198 Å². The van der Waals surface area contributed by atoms with E-state index < -0.39 is 0 Å². The predicted octanol–water partition coefficient (Wildman–Crippen LogP) is -1.07. The molecular formula is C13H28Rb2-2. The van der Waals surface area contributed by atoms with E-state index in [1.807, 2.05) is 0 Å². The Kier molecular flexibility index (Phi) is 32.5. The molecule has 0 atom stereocenters. The first-order valence-corrected chi connectivity index (χ1v) is 4.41. The van der Waals surface area contributed by atoms with E-state index in [2.05, 4.69) is 41.5 Å². The van der Waals surface area contributed by atoms with Gasteiger partial charge in [0.25, 0.3) is 0 Å². The SMILES string of the molecule is C[C-](C)CC(C)(C)C[C-](C)C.[CH3-].[CH3-].[Rb+].[Rb+]. The topological polar surface area (TPSA) is 0 Å². The van der Waals surface area contributed by atoms with Crippen LogP contribution in [0.5, 0.6) is 0 Å². The van der Waals surface area contributed by atoms with Gasteiger partial charge < -0.3 is 26.7 Å². The van der Waals surface area contributed by atoms with Crippen molar-refractivity contribution in [3.05, 3.63) is 26.7 Å². The van der Waals surface area contributed by atoms with Gasteiger partial charge in [0.2, 0.25) is 0 Å². The minimum atomic E-state index is 0. The molecule has 0 aromatic rings. The van der Waals surface area contributed by atoms with Crippen LogP contribution in [-0.4, -0.2) is 0 Å². The first-order chi connectivity index (χ1) is 4.83. The molecule has 0 saturated carbocycles. The van der Waals surface area contributed by atoms with E-state index >= 15 is 0 Å². The summed E-state index contributed by atoms with van der Waals surface area (Å²) in [5, 5.41) is 0. The molecule has 0 aliphatic carbocycles. The molecule has 15 heavy (non-hydrogen) atoms. The minimum absolute atomic E-state index is 0. The van der Waals surface area contributed by atoms with Crippen LogP contribution in [0.1, 0.15) is 54.4 Å². The summed E-state index contributed by atoms with van der Waals surface area (Å²) in [7, 11) is 0. The Hall–Kier alpha value is 3.61. The fourth-order valence-corrected chi connectivity index (χ4v) is 1.98. The summed E-state index contributed by atoms with van der Waals surface area (Å²) in [6.45, 7) is 13.5. The van der Waals surface area contributed by atoms with Crippen molar-refractivity contribution in [3.63, 3.8) is 0 Å². The number of hydrogen-bond acceptors (Lipinski definition) is 0. The molecular weight excluding hydrogens is 327 g/mol. The van der Waals surface area contributed by atoms with E-state index in [4.69, 9.17) is 0 Å². The summed E-state index contributed by atoms with van der Waals surface area (Å²) in [5.74, 6) is 3.08. The first-order valence-electron chi connectivity index (χ1n) is 4.41. The average Bonchev–Trinajstić information content (AvgIpc) is 1.53. The van der Waals surface area contributed by atoms with Gasteiger partial charge in [-0.3, -0.25) is 0 Å². The quantitative estimate of drug-likeness (QED) is 0.564. The average molecular weight is 355 g/mol. The maximum atomic E-state index is 2.34. The fourth-order valence-electron chi connectivity index (χ4n) is 1.98. The Morgan fingerprint density at radius 2 is 0.933 bits per heavy atom. The minimum Gasteiger partial charge on any atom is -0.358 e. The van der Waals surface area contributed by atoms with Gasteiger partial charge in [0.1, 0.15) is 0 Å². The van der Waals surface area contributed by atoms with Crippen LogP contribution in [0.4, 0.5) is 0 Å². The molecule has 0 spiro atoms. The zero-order chi connectivity index (χ0) is 9.07. The van der Waals surface area contributed by atoms with Gasteiger partial charge in [-0.2, -0.15) is 40.5 Å². The zero-order valence-corrected chi connectivity index (χ0v) is 22.7. The molecule has 0 bridgehead atoms. The van der Waals surface area contributed by atoms with Crippen LogP contribution in [0.25, 0.3) is 0 Å². The van der Waals surface area contributed by atoms with Crippen LogP contribution in [0, 0.1) is 32.1 Å². The summed E-state index contributed by atoms with van der Waals surface area (Å²) in [6.07, 6.45) is 2.50. The van der Waals surface area contributed by atoms with Gasteiger partial charge in [-0.1, -0.05) is 19.3 Å². The molecule has 0 aliphatic heterocycles. The standard InChI is InChI=1S/C11H22.2CH3.2Rb/c1-9(2)7-11(5,6)8-10(3)4;;;;/h7-8H2,1-6H3;2*1H3;;/q-2;2*-1;2*+1. The second kappa shape index (κ2) is 15.7. The van der Waals surface area contributed by atoms with Crippen molar-refractivity contribution in [2.45, 2.75) is 54.4 Å². The van der Waals surface area contributed by atoms with E-state index in [9.17, 15) is 0 Å². The number of hydrogen-bond donors (Lipinski definition) is 0. The van der Waals surface area contributed by atoms with E-state index in [0.29, 0.717) is 5.41 Å². The Bertz CT molecular complexity index is 95.1. The Balaban J connectivity index is -0.0000000833. The summed E-state index contributed by atoms with van der Waals surface area (Å²) >= 11 is 0. The summed E-state index contributed by atoms with van der Waals surface area (Å²) in [4.78, 5) is 0. The summed E-state index contributed by atoms with van der Waals surface area (Å²) in [5.41, 5.74) is 0.470. The molecule has 0 radical (unpaired) electrons. The van der Waals surface area contributed by atoms with Crippen molar-refractivity contribution in [1.82, 2.24) is 0 Å². The summed E-state index contributed by atoms with van der Waals surface area (Å²) < 4.78 is 0. The molecule has 0 nitrogen and oxygen atoms in total. The third kappa shape index (κ3) is 23.2. The Morgan fingerprint density at radius 1 is 0.733 bits per heavy atom. The van der Waals surface area contributed by atoms with Crippen LogP contribution < -0.4 is 116 Å². The predicted molar refractivity (Wildman–Crippen MR) is 65.0 cm³/mol. The molecule has 0 heterocycles. The second-order valence-corrected chi connectivity index (χ2v) is 4.93. The maximum absolute atomic E-state index is 2.34. The van der Waals surface area contributed by atoms with E-state index in [-0.39, 0.29) is 131 Å². The molecule has 0 unspecified atom stereocenters. The van der Waals surface area contributed by atoms with Crippen molar-refractivity contribution < 1.29 is 116 Å². The molecule has 0 fully saturated rings. The van der Waals surface area contributed by atoms with E-state index in [0.717, 1.165) is 0 Å². The molecule has 0 rings (SSSR count). The van der Waals surface area contributed by atoms with Crippen LogP contribution >= 0.6 is 0 Å². The van der Waals surface area contributed by atoms with Crippen LogP contribution in [-0.2, 0) is 0 Å². The maximum Gasteiger partial charge on any atom is 1.00 e. The van der Waals surface area contributed by atoms with Gasteiger partial charge in [0.05, 0.1) is 0 Å². The van der Waals surface area contributed by atoms with Crippen molar-refractivity contribution in [2.24, 2.45) is 5.41 Å². The van der Waals surface area contributed by atoms with Gasteiger partial charge in [-0.15, -0.1) is 0 Å². The van der Waals surface area contributed by atoms with Gasteiger partial charge in [0.15, 0.2) is 0 Å². The third-order valence-corrected chi connectivity index (χ3v) is 1.66. The molecule has 0 N–H and O–H groups in total. The molecule has 0 amide bonds.